The minimum Gasteiger partial charge on any atom is -0.496 e. The quantitative estimate of drug-likeness (QED) is 0.384. The molecule has 0 aliphatic heterocycles. The summed E-state index contributed by atoms with van der Waals surface area (Å²) in [4.78, 5) is 0. The van der Waals surface area contributed by atoms with E-state index >= 15 is 0 Å². The molecule has 0 saturated carbocycles. The van der Waals surface area contributed by atoms with E-state index < -0.39 is 0 Å². The Bertz CT molecular complexity index is 918. The number of methoxy groups -OCH3 is 1. The van der Waals surface area contributed by atoms with Crippen molar-refractivity contribution in [2.45, 2.75) is 19.6 Å². The lowest BCUT2D eigenvalue weighted by atomic mass is 10.1. The van der Waals surface area contributed by atoms with E-state index in [0.29, 0.717) is 16.7 Å². The van der Waals surface area contributed by atoms with Crippen molar-refractivity contribution < 1.29 is 9.47 Å². The van der Waals surface area contributed by atoms with E-state index in [1.54, 1.807) is 13.2 Å². The molecular weight excluding hydrogens is 429 g/mol. The van der Waals surface area contributed by atoms with Gasteiger partial charge in [0.1, 0.15) is 18.1 Å². The molecule has 29 heavy (non-hydrogen) atoms. The molecule has 0 radical (unpaired) electrons. The Hall–Kier alpha value is -1.91. The second-order valence-corrected chi connectivity index (χ2v) is 7.21. The number of rotatable bonds is 9. The summed E-state index contributed by atoms with van der Waals surface area (Å²) in [5.41, 5.74) is 3.21. The molecule has 0 spiro atoms. The highest BCUT2D eigenvalue weighted by Gasteiger charge is 2.07. The summed E-state index contributed by atoms with van der Waals surface area (Å²) in [5, 5.41) is 4.71. The number of halogens is 3. The smallest absolute Gasteiger partial charge is 0.124 e. The van der Waals surface area contributed by atoms with E-state index in [0.717, 1.165) is 42.1 Å². The molecule has 3 rings (SSSR count). The van der Waals surface area contributed by atoms with Gasteiger partial charge in [-0.1, -0.05) is 65.7 Å². The van der Waals surface area contributed by atoms with Gasteiger partial charge in [0.2, 0.25) is 0 Å². The molecule has 0 amide bonds. The highest BCUT2D eigenvalue weighted by molar-refractivity contribution is 6.35. The Labute approximate surface area is 188 Å². The van der Waals surface area contributed by atoms with Gasteiger partial charge in [-0.05, 0) is 42.8 Å². The summed E-state index contributed by atoms with van der Waals surface area (Å²) in [6, 6.07) is 21.5. The molecular formula is C23H24Cl3NO2. The average Bonchev–Trinajstić information content (AvgIpc) is 2.71. The van der Waals surface area contributed by atoms with Gasteiger partial charge in [0, 0.05) is 27.7 Å². The van der Waals surface area contributed by atoms with Crippen molar-refractivity contribution in [1.82, 2.24) is 5.32 Å². The normalized spacial score (nSPS) is 10.3. The summed E-state index contributed by atoms with van der Waals surface area (Å²) in [6.07, 6.45) is 0.896. The van der Waals surface area contributed by atoms with Gasteiger partial charge in [-0.25, -0.2) is 0 Å². The van der Waals surface area contributed by atoms with Crippen molar-refractivity contribution in [3.63, 3.8) is 0 Å². The molecule has 0 bridgehead atoms. The molecule has 3 aromatic rings. The van der Waals surface area contributed by atoms with Crippen LogP contribution in [-0.2, 0) is 19.6 Å². The number of nitrogens with one attached hydrogen (secondary N) is 1. The van der Waals surface area contributed by atoms with E-state index in [9.17, 15) is 0 Å². The fourth-order valence-corrected chi connectivity index (χ4v) is 3.40. The third-order valence-corrected chi connectivity index (χ3v) is 5.04. The summed E-state index contributed by atoms with van der Waals surface area (Å²) in [5.74, 6) is 1.77. The Morgan fingerprint density at radius 1 is 0.828 bits per heavy atom. The van der Waals surface area contributed by atoms with Crippen LogP contribution in [0.4, 0.5) is 0 Å². The van der Waals surface area contributed by atoms with Crippen LogP contribution in [0, 0.1) is 0 Å². The third-order valence-electron chi connectivity index (χ3n) is 4.45. The van der Waals surface area contributed by atoms with E-state index in [4.69, 9.17) is 32.7 Å². The molecule has 0 atom stereocenters. The van der Waals surface area contributed by atoms with Gasteiger partial charge in [-0.3, -0.25) is 0 Å². The van der Waals surface area contributed by atoms with Crippen LogP contribution in [0.15, 0.2) is 66.7 Å². The van der Waals surface area contributed by atoms with Gasteiger partial charge < -0.3 is 14.8 Å². The lowest BCUT2D eigenvalue weighted by Gasteiger charge is -2.13. The molecule has 3 nitrogen and oxygen atoms in total. The minimum atomic E-state index is 0. The van der Waals surface area contributed by atoms with E-state index in [1.807, 2.05) is 48.5 Å². The predicted octanol–water partition coefficient (Wildman–Crippen LogP) is 6.34. The van der Waals surface area contributed by atoms with Crippen molar-refractivity contribution in [2.75, 3.05) is 13.7 Å². The maximum atomic E-state index is 6.23. The molecule has 0 unspecified atom stereocenters. The van der Waals surface area contributed by atoms with Crippen molar-refractivity contribution in [3.8, 4) is 11.5 Å². The monoisotopic (exact) mass is 451 g/mol. The van der Waals surface area contributed by atoms with E-state index in [-0.39, 0.29) is 12.4 Å². The largest absolute Gasteiger partial charge is 0.496 e. The second kappa shape index (κ2) is 11.9. The average molecular weight is 453 g/mol. The highest BCUT2D eigenvalue weighted by atomic mass is 35.5. The van der Waals surface area contributed by atoms with Crippen LogP contribution in [0.5, 0.6) is 11.5 Å². The summed E-state index contributed by atoms with van der Waals surface area (Å²) < 4.78 is 11.4. The number of hydrogen-bond acceptors (Lipinski definition) is 3. The third kappa shape index (κ3) is 6.83. The van der Waals surface area contributed by atoms with Gasteiger partial charge in [0.15, 0.2) is 0 Å². The van der Waals surface area contributed by atoms with E-state index in [1.165, 1.54) is 5.56 Å². The first-order chi connectivity index (χ1) is 13.7. The van der Waals surface area contributed by atoms with Crippen molar-refractivity contribution >= 4 is 35.6 Å². The molecule has 0 fully saturated rings. The number of benzene rings is 3. The zero-order valence-corrected chi connectivity index (χ0v) is 18.5. The first kappa shape index (κ1) is 23.4. The lowest BCUT2D eigenvalue weighted by Crippen LogP contribution is -2.17. The van der Waals surface area contributed by atoms with Crippen LogP contribution in [-0.4, -0.2) is 13.7 Å². The van der Waals surface area contributed by atoms with Gasteiger partial charge >= 0.3 is 0 Å². The summed E-state index contributed by atoms with van der Waals surface area (Å²) in [7, 11) is 1.70. The Morgan fingerprint density at radius 3 is 2.24 bits per heavy atom. The number of para-hydroxylation sites is 2. The van der Waals surface area contributed by atoms with Crippen molar-refractivity contribution in [2.24, 2.45) is 0 Å². The summed E-state index contributed by atoms with van der Waals surface area (Å²) >= 11 is 12.2. The SMILES string of the molecule is COc1ccccc1CCNCc1ccccc1OCc1ccc(Cl)cc1Cl.Cl. The standard InChI is InChI=1S/C23H23Cl2NO2.ClH/c1-27-22-8-4-2-6-17(22)12-13-26-15-18-7-3-5-9-23(18)28-16-19-10-11-20(24)14-21(19)25;/h2-11,14,26H,12-13,15-16H2,1H3;1H. The van der Waals surface area contributed by atoms with Crippen LogP contribution < -0.4 is 14.8 Å². The first-order valence-electron chi connectivity index (χ1n) is 9.14. The second-order valence-electron chi connectivity index (χ2n) is 6.37. The van der Waals surface area contributed by atoms with Crippen molar-refractivity contribution in [1.29, 1.82) is 0 Å². The molecule has 1 N–H and O–H groups in total. The predicted molar refractivity (Wildman–Crippen MR) is 123 cm³/mol. The van der Waals surface area contributed by atoms with E-state index in [2.05, 4.69) is 17.4 Å². The first-order valence-corrected chi connectivity index (χ1v) is 9.90. The highest BCUT2D eigenvalue weighted by Crippen LogP contribution is 2.24. The topological polar surface area (TPSA) is 30.5 Å². The van der Waals surface area contributed by atoms with Crippen LogP contribution in [0.25, 0.3) is 0 Å². The molecule has 154 valence electrons. The van der Waals surface area contributed by atoms with Gasteiger partial charge in [-0.2, -0.15) is 0 Å². The Kier molecular flexibility index (Phi) is 9.62. The zero-order valence-electron chi connectivity index (χ0n) is 16.2. The van der Waals surface area contributed by atoms with Gasteiger partial charge in [-0.15, -0.1) is 12.4 Å². The molecule has 0 aliphatic carbocycles. The number of hydrogen-bond donors (Lipinski definition) is 1. The maximum Gasteiger partial charge on any atom is 0.124 e. The van der Waals surface area contributed by atoms with Gasteiger partial charge in [0.25, 0.3) is 0 Å². The Morgan fingerprint density at radius 2 is 1.52 bits per heavy atom. The van der Waals surface area contributed by atoms with Crippen molar-refractivity contribution in [3.05, 3.63) is 93.5 Å². The fraction of sp³-hybridized carbons (Fsp3) is 0.217. The lowest BCUT2D eigenvalue weighted by molar-refractivity contribution is 0.302. The number of ether oxygens (including phenoxy) is 2. The minimum absolute atomic E-state index is 0. The van der Waals surface area contributed by atoms with Crippen LogP contribution in [0.1, 0.15) is 16.7 Å². The van der Waals surface area contributed by atoms with Gasteiger partial charge in [0.05, 0.1) is 7.11 Å². The molecule has 6 heteroatoms. The molecule has 3 aromatic carbocycles. The van der Waals surface area contributed by atoms with Crippen LogP contribution in [0.3, 0.4) is 0 Å². The van der Waals surface area contributed by atoms with Crippen LogP contribution >= 0.6 is 35.6 Å². The fourth-order valence-electron chi connectivity index (χ4n) is 2.94. The molecule has 0 aromatic heterocycles. The Balaban J connectivity index is 0.00000300. The maximum absolute atomic E-state index is 6.23. The van der Waals surface area contributed by atoms with Crippen LogP contribution in [0.2, 0.25) is 10.0 Å². The molecule has 0 heterocycles. The summed E-state index contributed by atoms with van der Waals surface area (Å²) in [6.45, 7) is 1.96. The molecule has 0 aliphatic rings. The zero-order chi connectivity index (χ0) is 19.8. The molecule has 0 saturated heterocycles.